The number of methoxy groups -OCH3 is 2. The van der Waals surface area contributed by atoms with Gasteiger partial charge in [-0.05, 0) is 44.2 Å². The fraction of sp³-hybridized carbons (Fsp3) is 0.385. The highest BCUT2D eigenvalue weighted by Gasteiger charge is 2.33. The highest BCUT2D eigenvalue weighted by molar-refractivity contribution is 5.49. The maximum atomic E-state index is 13.6. The summed E-state index contributed by atoms with van der Waals surface area (Å²) in [6.07, 6.45) is 1.80. The first kappa shape index (κ1) is 23.6. The SMILES string of the molecule is CCn1c(C)cc(O)c([C@@H](c2ccc(OC)cc2OC)N2CCN(c3ccccn3)CC2)c1=O. The highest BCUT2D eigenvalue weighted by atomic mass is 16.5. The van der Waals surface area contributed by atoms with Crippen molar-refractivity contribution in [3.8, 4) is 17.2 Å². The van der Waals surface area contributed by atoms with Gasteiger partial charge in [-0.25, -0.2) is 4.98 Å². The van der Waals surface area contributed by atoms with Gasteiger partial charge in [0, 0.05) is 56.2 Å². The van der Waals surface area contributed by atoms with Crippen LogP contribution in [0.15, 0.2) is 53.5 Å². The molecular weight excluding hydrogens is 432 g/mol. The minimum absolute atomic E-state index is 0.00206. The number of anilines is 1. The molecule has 1 aliphatic heterocycles. The standard InChI is InChI=1S/C26H32N4O4/c1-5-30-18(2)16-21(31)24(26(30)32)25(20-10-9-19(33-3)17-22(20)34-4)29-14-12-28(13-15-29)23-8-6-7-11-27-23/h6-11,16-17,25,31H,5,12-15H2,1-4H3/t25-/m1/s1. The Bertz CT molecular complexity index is 1190. The molecule has 3 aromatic rings. The molecule has 1 fully saturated rings. The van der Waals surface area contributed by atoms with Gasteiger partial charge in [0.25, 0.3) is 5.56 Å². The van der Waals surface area contributed by atoms with Crippen molar-refractivity contribution in [1.29, 1.82) is 0 Å². The number of nitrogens with zero attached hydrogens (tertiary/aromatic N) is 4. The van der Waals surface area contributed by atoms with Crippen LogP contribution in [0.25, 0.3) is 0 Å². The number of benzene rings is 1. The molecule has 2 aromatic heterocycles. The first-order valence-corrected chi connectivity index (χ1v) is 11.5. The van der Waals surface area contributed by atoms with Crippen molar-refractivity contribution < 1.29 is 14.6 Å². The van der Waals surface area contributed by atoms with Gasteiger partial charge in [-0.2, -0.15) is 0 Å². The topological polar surface area (TPSA) is 80.1 Å². The van der Waals surface area contributed by atoms with Crippen LogP contribution in [0.3, 0.4) is 0 Å². The summed E-state index contributed by atoms with van der Waals surface area (Å²) in [7, 11) is 3.21. The minimum atomic E-state index is -0.474. The van der Waals surface area contributed by atoms with Gasteiger partial charge in [0.2, 0.25) is 0 Å². The van der Waals surface area contributed by atoms with E-state index in [4.69, 9.17) is 9.47 Å². The van der Waals surface area contributed by atoms with Crippen molar-refractivity contribution in [1.82, 2.24) is 14.5 Å². The molecule has 0 aliphatic carbocycles. The van der Waals surface area contributed by atoms with Crippen molar-refractivity contribution in [2.75, 3.05) is 45.3 Å². The van der Waals surface area contributed by atoms with Crippen LogP contribution in [0.5, 0.6) is 17.2 Å². The Labute approximate surface area is 200 Å². The number of hydrogen-bond acceptors (Lipinski definition) is 7. The van der Waals surface area contributed by atoms with E-state index in [0.29, 0.717) is 36.7 Å². The molecule has 1 N–H and O–H groups in total. The fourth-order valence-corrected chi connectivity index (χ4v) is 4.75. The predicted molar refractivity (Wildman–Crippen MR) is 132 cm³/mol. The van der Waals surface area contributed by atoms with Crippen molar-refractivity contribution in [3.05, 3.63) is 75.8 Å². The zero-order valence-corrected chi connectivity index (χ0v) is 20.2. The second-order valence-electron chi connectivity index (χ2n) is 8.36. The molecule has 1 aromatic carbocycles. The monoisotopic (exact) mass is 464 g/mol. The van der Waals surface area contributed by atoms with Gasteiger partial charge in [-0.15, -0.1) is 0 Å². The summed E-state index contributed by atoms with van der Waals surface area (Å²) in [6, 6.07) is 12.7. The third-order valence-electron chi connectivity index (χ3n) is 6.50. The lowest BCUT2D eigenvalue weighted by Crippen LogP contribution is -2.49. The van der Waals surface area contributed by atoms with Crippen LogP contribution >= 0.6 is 0 Å². The van der Waals surface area contributed by atoms with Gasteiger partial charge in [0.05, 0.1) is 25.8 Å². The molecule has 3 heterocycles. The molecule has 8 heteroatoms. The van der Waals surface area contributed by atoms with Gasteiger partial charge in [-0.3, -0.25) is 9.69 Å². The van der Waals surface area contributed by atoms with E-state index in [9.17, 15) is 9.90 Å². The van der Waals surface area contributed by atoms with Crippen molar-refractivity contribution >= 4 is 5.82 Å². The number of piperazine rings is 1. The largest absolute Gasteiger partial charge is 0.507 e. The molecular formula is C26H32N4O4. The Hall–Kier alpha value is -3.52. The summed E-state index contributed by atoms with van der Waals surface area (Å²) in [6.45, 7) is 7.18. The number of aromatic nitrogens is 2. The number of ether oxygens (including phenoxy) is 2. The summed E-state index contributed by atoms with van der Waals surface area (Å²) in [4.78, 5) is 22.5. The van der Waals surface area contributed by atoms with Crippen molar-refractivity contribution in [2.45, 2.75) is 26.4 Å². The Balaban J connectivity index is 1.79. The molecule has 0 spiro atoms. The number of hydrogen-bond donors (Lipinski definition) is 1. The molecule has 0 radical (unpaired) electrons. The minimum Gasteiger partial charge on any atom is -0.507 e. The molecule has 0 unspecified atom stereocenters. The van der Waals surface area contributed by atoms with E-state index in [-0.39, 0.29) is 11.3 Å². The Kier molecular flexibility index (Phi) is 7.07. The van der Waals surface area contributed by atoms with Crippen LogP contribution in [0.2, 0.25) is 0 Å². The molecule has 0 amide bonds. The number of aryl methyl sites for hydroxylation is 1. The first-order valence-electron chi connectivity index (χ1n) is 11.5. The van der Waals surface area contributed by atoms with E-state index < -0.39 is 6.04 Å². The first-order chi connectivity index (χ1) is 16.5. The Morgan fingerprint density at radius 2 is 1.82 bits per heavy atom. The maximum absolute atomic E-state index is 13.6. The molecule has 34 heavy (non-hydrogen) atoms. The van der Waals surface area contributed by atoms with Crippen LogP contribution in [-0.4, -0.2) is 60.0 Å². The lowest BCUT2D eigenvalue weighted by molar-refractivity contribution is 0.203. The fourth-order valence-electron chi connectivity index (χ4n) is 4.75. The third kappa shape index (κ3) is 4.46. The van der Waals surface area contributed by atoms with Crippen LogP contribution in [0, 0.1) is 6.92 Å². The van der Waals surface area contributed by atoms with E-state index in [2.05, 4.69) is 14.8 Å². The average molecular weight is 465 g/mol. The van der Waals surface area contributed by atoms with E-state index >= 15 is 0 Å². The molecule has 1 saturated heterocycles. The van der Waals surface area contributed by atoms with Crippen LogP contribution < -0.4 is 19.9 Å². The maximum Gasteiger partial charge on any atom is 0.259 e. The second kappa shape index (κ2) is 10.2. The Morgan fingerprint density at radius 3 is 2.44 bits per heavy atom. The molecule has 8 nitrogen and oxygen atoms in total. The highest BCUT2D eigenvalue weighted by Crippen LogP contribution is 2.39. The zero-order chi connectivity index (χ0) is 24.2. The summed E-state index contributed by atoms with van der Waals surface area (Å²) >= 11 is 0. The van der Waals surface area contributed by atoms with E-state index in [0.717, 1.165) is 30.2 Å². The molecule has 180 valence electrons. The molecule has 0 saturated carbocycles. The van der Waals surface area contributed by atoms with Crippen LogP contribution in [0.1, 0.15) is 29.8 Å². The summed E-state index contributed by atoms with van der Waals surface area (Å²) in [5, 5.41) is 11.0. The average Bonchev–Trinajstić information content (AvgIpc) is 2.87. The van der Waals surface area contributed by atoms with E-state index in [1.807, 2.05) is 50.2 Å². The normalized spacial score (nSPS) is 15.2. The van der Waals surface area contributed by atoms with Gasteiger partial charge < -0.3 is 24.0 Å². The van der Waals surface area contributed by atoms with Crippen molar-refractivity contribution in [3.63, 3.8) is 0 Å². The predicted octanol–water partition coefficient (Wildman–Crippen LogP) is 3.21. The summed E-state index contributed by atoms with van der Waals surface area (Å²) in [5.74, 6) is 2.21. The van der Waals surface area contributed by atoms with Gasteiger partial charge in [0.15, 0.2) is 0 Å². The number of aromatic hydroxyl groups is 1. The molecule has 4 rings (SSSR count). The second-order valence-corrected chi connectivity index (χ2v) is 8.36. The number of pyridine rings is 2. The zero-order valence-electron chi connectivity index (χ0n) is 20.2. The van der Waals surface area contributed by atoms with Crippen molar-refractivity contribution in [2.24, 2.45) is 0 Å². The quantitative estimate of drug-likeness (QED) is 0.575. The summed E-state index contributed by atoms with van der Waals surface area (Å²) < 4.78 is 12.8. The molecule has 0 bridgehead atoms. The number of rotatable bonds is 7. The van der Waals surface area contributed by atoms with Crippen LogP contribution in [0.4, 0.5) is 5.82 Å². The van der Waals surface area contributed by atoms with Gasteiger partial charge in [0.1, 0.15) is 23.1 Å². The lowest BCUT2D eigenvalue weighted by atomic mass is 9.95. The van der Waals surface area contributed by atoms with Gasteiger partial charge >= 0.3 is 0 Å². The van der Waals surface area contributed by atoms with Gasteiger partial charge in [-0.1, -0.05) is 6.07 Å². The smallest absolute Gasteiger partial charge is 0.259 e. The molecule has 1 aliphatic rings. The lowest BCUT2D eigenvalue weighted by Gasteiger charge is -2.40. The van der Waals surface area contributed by atoms with E-state index in [1.54, 1.807) is 31.0 Å². The Morgan fingerprint density at radius 1 is 1.06 bits per heavy atom. The molecule has 1 atom stereocenters. The van der Waals surface area contributed by atoms with E-state index in [1.165, 1.54) is 0 Å². The van der Waals surface area contributed by atoms with Crippen LogP contribution in [-0.2, 0) is 6.54 Å². The summed E-state index contributed by atoms with van der Waals surface area (Å²) in [5.41, 5.74) is 1.72. The third-order valence-corrected chi connectivity index (χ3v) is 6.50.